The van der Waals surface area contributed by atoms with Gasteiger partial charge in [0, 0.05) is 25.6 Å². The molecule has 0 aromatic heterocycles. The van der Waals surface area contributed by atoms with Crippen molar-refractivity contribution in [1.82, 2.24) is 15.5 Å². The Bertz CT molecular complexity index is 663. The molecule has 1 aromatic carbocycles. The molecule has 1 aliphatic rings. The number of benzene rings is 1. The number of carboxylic acid groups (broad SMARTS) is 1. The normalized spacial score (nSPS) is 18.3. The minimum atomic E-state index is -0.890. The fourth-order valence-electron chi connectivity index (χ4n) is 3.48. The van der Waals surface area contributed by atoms with Gasteiger partial charge < -0.3 is 20.6 Å². The number of hydrogen-bond donors (Lipinski definition) is 3. The van der Waals surface area contributed by atoms with Crippen molar-refractivity contribution in [1.29, 1.82) is 0 Å². The van der Waals surface area contributed by atoms with E-state index in [1.54, 1.807) is 4.90 Å². The van der Waals surface area contributed by atoms with Crippen molar-refractivity contribution < 1.29 is 19.5 Å². The molecule has 0 bridgehead atoms. The van der Waals surface area contributed by atoms with Gasteiger partial charge in [-0.05, 0) is 37.2 Å². The van der Waals surface area contributed by atoms with Crippen molar-refractivity contribution in [2.75, 3.05) is 13.1 Å². The summed E-state index contributed by atoms with van der Waals surface area (Å²) < 4.78 is 0. The molecule has 28 heavy (non-hydrogen) atoms. The van der Waals surface area contributed by atoms with Gasteiger partial charge in [-0.1, -0.05) is 44.2 Å². The smallest absolute Gasteiger partial charge is 0.318 e. The summed E-state index contributed by atoms with van der Waals surface area (Å²) in [6.07, 6.45) is 2.16. The van der Waals surface area contributed by atoms with Gasteiger partial charge in [0.15, 0.2) is 0 Å². The number of hydrogen-bond acceptors (Lipinski definition) is 3. The van der Waals surface area contributed by atoms with Crippen LogP contribution in [0.4, 0.5) is 4.79 Å². The lowest BCUT2D eigenvalue weighted by molar-refractivity contribution is -0.137. The van der Waals surface area contributed by atoms with Crippen LogP contribution in [0.3, 0.4) is 0 Å². The van der Waals surface area contributed by atoms with Crippen LogP contribution in [-0.2, 0) is 16.0 Å². The second kappa shape index (κ2) is 10.7. The first-order chi connectivity index (χ1) is 13.4. The lowest BCUT2D eigenvalue weighted by Crippen LogP contribution is -2.53. The standard InChI is InChI=1S/C21H31N3O4/c1-15(2)13-18-20(27)22-11-6-12-24(18)21(28)23-17(9-10-19(25)26)14-16-7-4-3-5-8-16/h3-5,7-8,15,17-18H,6,9-14H2,1-2H3,(H,22,27)(H,23,28)(H,25,26). The zero-order valence-electron chi connectivity index (χ0n) is 16.7. The molecule has 0 saturated carbocycles. The maximum atomic E-state index is 13.0. The topological polar surface area (TPSA) is 98.7 Å². The number of urea groups is 1. The van der Waals surface area contributed by atoms with Crippen LogP contribution in [0.25, 0.3) is 0 Å². The van der Waals surface area contributed by atoms with Gasteiger partial charge in [-0.2, -0.15) is 0 Å². The second-order valence-electron chi connectivity index (χ2n) is 7.75. The molecule has 2 unspecified atom stereocenters. The zero-order valence-corrected chi connectivity index (χ0v) is 16.7. The lowest BCUT2D eigenvalue weighted by atomic mass is 10.0. The summed E-state index contributed by atoms with van der Waals surface area (Å²) in [5.74, 6) is -0.734. The number of nitrogens with zero attached hydrogens (tertiary/aromatic N) is 1. The number of nitrogens with one attached hydrogen (secondary N) is 2. The Kier molecular flexibility index (Phi) is 8.29. The number of carboxylic acids is 1. The Morgan fingerprint density at radius 3 is 2.64 bits per heavy atom. The third kappa shape index (κ3) is 6.87. The summed E-state index contributed by atoms with van der Waals surface area (Å²) in [6.45, 7) is 5.11. The van der Waals surface area contributed by atoms with E-state index in [0.717, 1.165) is 5.56 Å². The van der Waals surface area contributed by atoms with E-state index >= 15 is 0 Å². The average Bonchev–Trinajstić information content (AvgIpc) is 2.82. The van der Waals surface area contributed by atoms with Gasteiger partial charge in [-0.15, -0.1) is 0 Å². The van der Waals surface area contributed by atoms with Crippen LogP contribution in [0.15, 0.2) is 30.3 Å². The van der Waals surface area contributed by atoms with E-state index in [4.69, 9.17) is 5.11 Å². The van der Waals surface area contributed by atoms with E-state index < -0.39 is 12.0 Å². The molecule has 7 heteroatoms. The molecule has 3 N–H and O–H groups in total. The van der Waals surface area contributed by atoms with Crippen molar-refractivity contribution in [2.45, 2.75) is 58.0 Å². The molecule has 0 spiro atoms. The summed E-state index contributed by atoms with van der Waals surface area (Å²) in [5.41, 5.74) is 1.03. The quantitative estimate of drug-likeness (QED) is 0.636. The molecule has 0 aliphatic carbocycles. The van der Waals surface area contributed by atoms with Crippen LogP contribution < -0.4 is 10.6 Å². The summed E-state index contributed by atoms with van der Waals surface area (Å²) >= 11 is 0. The monoisotopic (exact) mass is 389 g/mol. The molecule has 1 aliphatic heterocycles. The number of amides is 3. The van der Waals surface area contributed by atoms with Gasteiger partial charge in [0.2, 0.25) is 5.91 Å². The molecule has 2 atom stereocenters. The highest BCUT2D eigenvalue weighted by Crippen LogP contribution is 2.16. The third-order valence-corrected chi connectivity index (χ3v) is 4.87. The minimum Gasteiger partial charge on any atom is -0.481 e. The predicted molar refractivity (Wildman–Crippen MR) is 107 cm³/mol. The van der Waals surface area contributed by atoms with Crippen molar-refractivity contribution in [2.24, 2.45) is 5.92 Å². The average molecular weight is 389 g/mol. The van der Waals surface area contributed by atoms with Gasteiger partial charge in [0.1, 0.15) is 6.04 Å². The fourth-order valence-corrected chi connectivity index (χ4v) is 3.48. The molecular formula is C21H31N3O4. The molecule has 1 saturated heterocycles. The third-order valence-electron chi connectivity index (χ3n) is 4.87. The number of carbonyl (C=O) groups is 3. The van der Waals surface area contributed by atoms with Crippen molar-refractivity contribution in [3.8, 4) is 0 Å². The van der Waals surface area contributed by atoms with Crippen molar-refractivity contribution >= 4 is 17.9 Å². The van der Waals surface area contributed by atoms with Crippen molar-refractivity contribution in [3.05, 3.63) is 35.9 Å². The number of aliphatic carboxylic acids is 1. The van der Waals surface area contributed by atoms with Crippen molar-refractivity contribution in [3.63, 3.8) is 0 Å². The molecule has 7 nitrogen and oxygen atoms in total. The van der Waals surface area contributed by atoms with Crippen LogP contribution in [0.5, 0.6) is 0 Å². The second-order valence-corrected chi connectivity index (χ2v) is 7.75. The van der Waals surface area contributed by atoms with Crippen LogP contribution in [0, 0.1) is 5.92 Å². The first-order valence-electron chi connectivity index (χ1n) is 9.97. The Hall–Kier alpha value is -2.57. The highest BCUT2D eigenvalue weighted by molar-refractivity contribution is 5.87. The Morgan fingerprint density at radius 1 is 1.29 bits per heavy atom. The summed E-state index contributed by atoms with van der Waals surface area (Å²) in [6, 6.07) is 8.57. The van der Waals surface area contributed by atoms with Gasteiger partial charge in [0.05, 0.1) is 0 Å². The zero-order chi connectivity index (χ0) is 20.5. The first-order valence-corrected chi connectivity index (χ1v) is 9.97. The Morgan fingerprint density at radius 2 is 2.00 bits per heavy atom. The van der Waals surface area contributed by atoms with Gasteiger partial charge in [0.25, 0.3) is 0 Å². The molecule has 3 amide bonds. The summed E-state index contributed by atoms with van der Waals surface area (Å²) in [7, 11) is 0. The molecule has 1 aromatic rings. The Balaban J connectivity index is 2.11. The fraction of sp³-hybridized carbons (Fsp3) is 0.571. The van der Waals surface area contributed by atoms with E-state index in [-0.39, 0.29) is 30.3 Å². The van der Waals surface area contributed by atoms with Gasteiger partial charge in [-0.3, -0.25) is 9.59 Å². The summed E-state index contributed by atoms with van der Waals surface area (Å²) in [5, 5.41) is 14.9. The Labute approximate surface area is 166 Å². The van der Waals surface area contributed by atoms with E-state index in [1.165, 1.54) is 0 Å². The molecule has 154 valence electrons. The molecule has 1 fully saturated rings. The highest BCUT2D eigenvalue weighted by atomic mass is 16.4. The predicted octanol–water partition coefficient (Wildman–Crippen LogP) is 2.41. The van der Waals surface area contributed by atoms with Crippen LogP contribution >= 0.6 is 0 Å². The molecular weight excluding hydrogens is 358 g/mol. The van der Waals surface area contributed by atoms with Crippen LogP contribution in [-0.4, -0.2) is 53.1 Å². The SMILES string of the molecule is CC(C)CC1C(=O)NCCCN1C(=O)NC(CCC(=O)O)Cc1ccccc1. The van der Waals surface area contributed by atoms with E-state index in [1.807, 2.05) is 44.2 Å². The van der Waals surface area contributed by atoms with Crippen LogP contribution in [0.1, 0.15) is 45.1 Å². The molecule has 1 heterocycles. The van der Waals surface area contributed by atoms with E-state index in [2.05, 4.69) is 10.6 Å². The van der Waals surface area contributed by atoms with Gasteiger partial charge >= 0.3 is 12.0 Å². The molecule has 2 rings (SSSR count). The highest BCUT2D eigenvalue weighted by Gasteiger charge is 2.32. The lowest BCUT2D eigenvalue weighted by Gasteiger charge is -2.31. The van der Waals surface area contributed by atoms with E-state index in [0.29, 0.717) is 38.8 Å². The maximum Gasteiger partial charge on any atom is 0.318 e. The largest absolute Gasteiger partial charge is 0.481 e. The number of rotatable bonds is 8. The molecule has 0 radical (unpaired) electrons. The van der Waals surface area contributed by atoms with Gasteiger partial charge in [-0.25, -0.2) is 4.79 Å². The first kappa shape index (κ1) is 21.7. The maximum absolute atomic E-state index is 13.0. The van der Waals surface area contributed by atoms with E-state index in [9.17, 15) is 14.4 Å². The summed E-state index contributed by atoms with van der Waals surface area (Å²) in [4.78, 5) is 38.1. The minimum absolute atomic E-state index is 0.0201. The number of carbonyl (C=O) groups excluding carboxylic acids is 2. The van der Waals surface area contributed by atoms with Crippen LogP contribution in [0.2, 0.25) is 0 Å².